The van der Waals surface area contributed by atoms with Gasteiger partial charge in [0.05, 0.1) is 7.29 Å². The van der Waals surface area contributed by atoms with Gasteiger partial charge in [-0.1, -0.05) is 30.3 Å². The second kappa shape index (κ2) is 6.96. The topological polar surface area (TPSA) is 66.4 Å². The van der Waals surface area contributed by atoms with Crippen LogP contribution in [0, 0.1) is 5.92 Å². The van der Waals surface area contributed by atoms with Crippen LogP contribution in [0.2, 0.25) is 0 Å². The smallest absolute Gasteiger partial charge is 0.322 e. The van der Waals surface area contributed by atoms with Gasteiger partial charge in [0.15, 0.2) is 0 Å². The van der Waals surface area contributed by atoms with Crippen LogP contribution < -0.4 is 5.32 Å². The van der Waals surface area contributed by atoms with E-state index in [9.17, 15) is 9.59 Å². The van der Waals surface area contributed by atoms with E-state index in [2.05, 4.69) is 17.9 Å². The summed E-state index contributed by atoms with van der Waals surface area (Å²) in [6, 6.07) is 7.31. The Morgan fingerprint density at radius 3 is 2.82 bits per heavy atom. The third kappa shape index (κ3) is 4.91. The summed E-state index contributed by atoms with van der Waals surface area (Å²) in [5.74, 6) is -1.47. The van der Waals surface area contributed by atoms with Crippen LogP contribution in [0.25, 0.3) is 0 Å². The van der Waals surface area contributed by atoms with Crippen molar-refractivity contribution < 1.29 is 16.1 Å². The van der Waals surface area contributed by atoms with Crippen LogP contribution in [-0.4, -0.2) is 29.3 Å². The largest absolute Gasteiger partial charge is 0.480 e. The molecule has 0 bridgehead atoms. The van der Waals surface area contributed by atoms with E-state index < -0.39 is 11.9 Å². The van der Waals surface area contributed by atoms with E-state index in [1.165, 1.54) is 0 Å². The van der Waals surface area contributed by atoms with Gasteiger partial charge in [-0.25, -0.2) is 0 Å². The number of hydrogen-bond acceptors (Lipinski definition) is 3. The molecule has 0 saturated heterocycles. The van der Waals surface area contributed by atoms with Crippen molar-refractivity contribution in [2.75, 3.05) is 12.3 Å². The van der Waals surface area contributed by atoms with E-state index in [-0.39, 0.29) is 12.5 Å². The molecule has 5 heteroatoms. The number of carboxylic acid groups (broad SMARTS) is 1. The molecule has 0 spiro atoms. The van der Waals surface area contributed by atoms with Crippen LogP contribution in [0.3, 0.4) is 0 Å². The van der Waals surface area contributed by atoms with Crippen molar-refractivity contribution in [3.63, 3.8) is 0 Å². The maximum atomic E-state index is 11.7. The summed E-state index contributed by atoms with van der Waals surface area (Å²) < 4.78 is 7.48. The minimum Gasteiger partial charge on any atom is -0.480 e. The number of hydrogen-bond donors (Lipinski definition) is 3. The molecule has 0 heterocycles. The number of carbonyl (C=O) groups excluding carboxylic acids is 1. The number of amides is 1. The minimum absolute atomic E-state index is 0.327. The van der Waals surface area contributed by atoms with Gasteiger partial charge in [0, 0.05) is 5.75 Å². The Kier molecular flexibility index (Phi) is 4.90. The third-order valence-electron chi connectivity index (χ3n) is 2.26. The van der Waals surface area contributed by atoms with E-state index in [1.54, 1.807) is 18.2 Å². The molecule has 2 N–H and O–H groups in total. The number of carboxylic acids is 1. The first kappa shape index (κ1) is 12.0. The molecule has 0 fully saturated rings. The normalized spacial score (nSPS) is 12.6. The van der Waals surface area contributed by atoms with Crippen molar-refractivity contribution in [1.82, 2.24) is 5.32 Å². The fourth-order valence-corrected chi connectivity index (χ4v) is 1.68. The van der Waals surface area contributed by atoms with Crippen molar-refractivity contribution in [3.8, 4) is 0 Å². The summed E-state index contributed by atoms with van der Waals surface area (Å²) in [6.07, 6.45) is 0.446. The summed E-state index contributed by atoms with van der Waals surface area (Å²) in [6.45, 7) is -0.387. The van der Waals surface area contributed by atoms with Crippen LogP contribution in [0.1, 0.15) is 6.93 Å². The molecule has 0 aliphatic carbocycles. The molecule has 1 amide bonds. The van der Waals surface area contributed by atoms with E-state index in [1.807, 2.05) is 6.07 Å². The first-order valence-electron chi connectivity index (χ1n) is 5.69. The Morgan fingerprint density at radius 1 is 1.47 bits per heavy atom. The van der Waals surface area contributed by atoms with Crippen molar-refractivity contribution >= 4 is 24.5 Å². The second-order valence-electron chi connectivity index (χ2n) is 3.61. The number of rotatable bonds is 6. The third-order valence-corrected chi connectivity index (χ3v) is 2.70. The molecule has 4 nitrogen and oxygen atoms in total. The molecule has 92 valence electrons. The van der Waals surface area contributed by atoms with Gasteiger partial charge in [0.25, 0.3) is 0 Å². The molecule has 0 saturated carbocycles. The zero-order valence-corrected chi connectivity index (χ0v) is 10.1. The Balaban J connectivity index is 2.61. The number of aliphatic carboxylic acids is 1. The molecular weight excluding hydrogens is 238 g/mol. The second-order valence-corrected chi connectivity index (χ2v) is 3.97. The van der Waals surface area contributed by atoms with Crippen LogP contribution >= 0.6 is 12.6 Å². The molecule has 1 atom stereocenters. The molecule has 17 heavy (non-hydrogen) atoms. The average molecular weight is 255 g/mol. The Hall–Kier alpha value is -1.49. The summed E-state index contributed by atoms with van der Waals surface area (Å²) in [5, 5.41) is 10.8. The Labute approximate surface area is 107 Å². The van der Waals surface area contributed by atoms with Crippen molar-refractivity contribution in [1.29, 1.82) is 0 Å². The zero-order chi connectivity index (χ0) is 13.5. The number of thiol groups is 1. The first-order chi connectivity index (χ1) is 8.52. The molecule has 1 rings (SSSR count). The SMILES string of the molecule is [3H]c1cccc(CC(CS)C(=O)NCC(=O)O)c1. The fourth-order valence-electron chi connectivity index (χ4n) is 1.39. The van der Waals surface area contributed by atoms with E-state index >= 15 is 0 Å². The number of carbonyl (C=O) groups is 2. The summed E-state index contributed by atoms with van der Waals surface area (Å²) in [4.78, 5) is 22.1. The molecular formula is C12H15NO3S. The summed E-state index contributed by atoms with van der Waals surface area (Å²) >= 11 is 4.10. The number of benzene rings is 1. The van der Waals surface area contributed by atoms with E-state index in [0.29, 0.717) is 18.2 Å². The van der Waals surface area contributed by atoms with Crippen LogP contribution in [0.4, 0.5) is 0 Å². The lowest BCUT2D eigenvalue weighted by molar-refractivity contribution is -0.138. The lowest BCUT2D eigenvalue weighted by Crippen LogP contribution is -2.36. The van der Waals surface area contributed by atoms with Crippen molar-refractivity contribution in [2.45, 2.75) is 6.42 Å². The highest BCUT2D eigenvalue weighted by atomic mass is 32.1. The maximum Gasteiger partial charge on any atom is 0.322 e. The van der Waals surface area contributed by atoms with Crippen molar-refractivity contribution in [3.05, 3.63) is 35.9 Å². The Morgan fingerprint density at radius 2 is 2.24 bits per heavy atom. The van der Waals surface area contributed by atoms with E-state index in [0.717, 1.165) is 5.56 Å². The van der Waals surface area contributed by atoms with Gasteiger partial charge >= 0.3 is 5.97 Å². The van der Waals surface area contributed by atoms with Crippen LogP contribution in [0.15, 0.2) is 30.3 Å². The molecule has 1 unspecified atom stereocenters. The quantitative estimate of drug-likeness (QED) is 0.664. The monoisotopic (exact) mass is 255 g/mol. The lowest BCUT2D eigenvalue weighted by Gasteiger charge is -2.13. The predicted octanol–water partition coefficient (Wildman–Crippen LogP) is 0.976. The maximum absolute atomic E-state index is 11.7. The van der Waals surface area contributed by atoms with Gasteiger partial charge in [-0.15, -0.1) is 0 Å². The minimum atomic E-state index is -1.07. The molecule has 0 aromatic heterocycles. The molecule has 1 aromatic rings. The highest BCUT2D eigenvalue weighted by Crippen LogP contribution is 2.10. The molecule has 0 radical (unpaired) electrons. The summed E-state index contributed by atoms with van der Waals surface area (Å²) in [7, 11) is 0. The van der Waals surface area contributed by atoms with Crippen LogP contribution in [0.5, 0.6) is 0 Å². The van der Waals surface area contributed by atoms with Gasteiger partial charge < -0.3 is 10.4 Å². The first-order valence-corrected chi connectivity index (χ1v) is 5.82. The highest BCUT2D eigenvalue weighted by molar-refractivity contribution is 7.80. The molecule has 0 aliphatic heterocycles. The fraction of sp³-hybridized carbons (Fsp3) is 0.333. The van der Waals surface area contributed by atoms with Gasteiger partial charge in [-0.2, -0.15) is 12.6 Å². The lowest BCUT2D eigenvalue weighted by atomic mass is 10.0. The van der Waals surface area contributed by atoms with Gasteiger partial charge in [0.1, 0.15) is 6.54 Å². The van der Waals surface area contributed by atoms with Gasteiger partial charge in [-0.3, -0.25) is 9.59 Å². The molecule has 1 aromatic carbocycles. The Bertz CT molecular complexity index is 439. The molecule has 0 aliphatic rings. The van der Waals surface area contributed by atoms with Gasteiger partial charge in [0.2, 0.25) is 5.91 Å². The van der Waals surface area contributed by atoms with Crippen molar-refractivity contribution in [2.24, 2.45) is 5.92 Å². The zero-order valence-electron chi connectivity index (χ0n) is 10.2. The van der Waals surface area contributed by atoms with Crippen LogP contribution in [-0.2, 0) is 16.0 Å². The average Bonchev–Trinajstić information content (AvgIpc) is 2.33. The van der Waals surface area contributed by atoms with Gasteiger partial charge in [-0.05, 0) is 12.0 Å². The predicted molar refractivity (Wildman–Crippen MR) is 68.1 cm³/mol. The number of nitrogens with one attached hydrogen (secondary N) is 1. The highest BCUT2D eigenvalue weighted by Gasteiger charge is 2.17. The van der Waals surface area contributed by atoms with E-state index in [4.69, 9.17) is 6.48 Å². The summed E-state index contributed by atoms with van der Waals surface area (Å²) in [5.41, 5.74) is 0.868. The standard InChI is InChI=1S/C12H15NO3S/c14-11(15)7-13-12(16)10(8-17)6-9-4-2-1-3-5-9/h1-5,10,17H,6-8H2,(H,13,16)(H,14,15)/i2T.